The van der Waals surface area contributed by atoms with Gasteiger partial charge in [0.1, 0.15) is 5.82 Å². The number of hydrogen-bond acceptors (Lipinski definition) is 2. The largest absolute Gasteiger partial charge is 0.331 e. The fourth-order valence-electron chi connectivity index (χ4n) is 1.90. The lowest BCUT2D eigenvalue weighted by atomic mass is 10.1. The van der Waals surface area contributed by atoms with E-state index in [1.807, 2.05) is 24.4 Å². The van der Waals surface area contributed by atoms with E-state index in [0.29, 0.717) is 5.92 Å². The van der Waals surface area contributed by atoms with Crippen LogP contribution in [0.1, 0.15) is 13.3 Å². The molecule has 0 saturated heterocycles. The molecule has 0 aliphatic rings. The average molecular weight is 246 g/mol. The van der Waals surface area contributed by atoms with Gasteiger partial charge in [0.2, 0.25) is 0 Å². The normalized spacial score (nSPS) is 12.6. The molecule has 1 heterocycles. The second-order valence-electron chi connectivity index (χ2n) is 4.23. The van der Waals surface area contributed by atoms with Crippen LogP contribution in [0.4, 0.5) is 0 Å². The van der Waals surface area contributed by atoms with Crippen molar-refractivity contribution in [3.05, 3.63) is 42.7 Å². The minimum Gasteiger partial charge on any atom is -0.331 e. The van der Waals surface area contributed by atoms with Gasteiger partial charge >= 0.3 is 0 Å². The van der Waals surface area contributed by atoms with Crippen LogP contribution in [0.3, 0.4) is 0 Å². The van der Waals surface area contributed by atoms with E-state index in [9.17, 15) is 0 Å². The Labute approximate surface area is 108 Å². The van der Waals surface area contributed by atoms with Crippen molar-refractivity contribution in [3.63, 3.8) is 0 Å². The zero-order chi connectivity index (χ0) is 12.1. The van der Waals surface area contributed by atoms with Gasteiger partial charge in [-0.2, -0.15) is 12.6 Å². The Morgan fingerprint density at radius 3 is 2.71 bits per heavy atom. The number of thiol groups is 1. The van der Waals surface area contributed by atoms with Crippen molar-refractivity contribution in [2.24, 2.45) is 5.92 Å². The third-order valence-corrected chi connectivity index (χ3v) is 3.55. The van der Waals surface area contributed by atoms with Gasteiger partial charge in [0, 0.05) is 24.5 Å². The third kappa shape index (κ3) is 2.91. The second kappa shape index (κ2) is 5.92. The summed E-state index contributed by atoms with van der Waals surface area (Å²) in [5.74, 6) is 2.57. The first-order valence-corrected chi connectivity index (χ1v) is 6.65. The van der Waals surface area contributed by atoms with Gasteiger partial charge < -0.3 is 4.57 Å². The summed E-state index contributed by atoms with van der Waals surface area (Å²) in [6.45, 7) is 3.20. The molecule has 0 fully saturated rings. The zero-order valence-electron chi connectivity index (χ0n) is 10.1. The van der Waals surface area contributed by atoms with Crippen LogP contribution in [0.25, 0.3) is 11.4 Å². The summed E-state index contributed by atoms with van der Waals surface area (Å²) in [4.78, 5) is 4.45. The Bertz CT molecular complexity index is 446. The van der Waals surface area contributed by atoms with Crippen molar-refractivity contribution < 1.29 is 0 Å². The summed E-state index contributed by atoms with van der Waals surface area (Å²) in [5.41, 5.74) is 1.17. The molecule has 2 nitrogen and oxygen atoms in total. The molecule has 0 radical (unpaired) electrons. The molecule has 3 heteroatoms. The summed E-state index contributed by atoms with van der Waals surface area (Å²) >= 11 is 4.39. The Morgan fingerprint density at radius 2 is 2.06 bits per heavy atom. The zero-order valence-corrected chi connectivity index (χ0v) is 11.0. The van der Waals surface area contributed by atoms with Crippen LogP contribution < -0.4 is 0 Å². The molecule has 0 spiro atoms. The lowest BCUT2D eigenvalue weighted by Crippen LogP contribution is -2.11. The number of nitrogens with zero attached hydrogens (tertiary/aromatic N) is 2. The van der Waals surface area contributed by atoms with Gasteiger partial charge in [0.15, 0.2) is 0 Å². The highest BCUT2D eigenvalue weighted by Crippen LogP contribution is 2.19. The van der Waals surface area contributed by atoms with Crippen LogP contribution in [0, 0.1) is 5.92 Å². The van der Waals surface area contributed by atoms with Gasteiger partial charge in [-0.05, 0) is 11.7 Å². The van der Waals surface area contributed by atoms with Gasteiger partial charge in [0.05, 0.1) is 0 Å². The van der Waals surface area contributed by atoms with E-state index >= 15 is 0 Å². The molecule has 2 aromatic rings. The highest BCUT2D eigenvalue weighted by atomic mass is 32.1. The van der Waals surface area contributed by atoms with E-state index < -0.39 is 0 Å². The molecule has 1 unspecified atom stereocenters. The quantitative estimate of drug-likeness (QED) is 0.799. The van der Waals surface area contributed by atoms with Crippen LogP contribution in [-0.2, 0) is 6.54 Å². The number of imidazole rings is 1. The maximum absolute atomic E-state index is 4.45. The molecule has 0 aliphatic heterocycles. The lowest BCUT2D eigenvalue weighted by Gasteiger charge is -2.14. The Balaban J connectivity index is 2.23. The Hall–Kier alpha value is -1.22. The first-order valence-electron chi connectivity index (χ1n) is 6.02. The van der Waals surface area contributed by atoms with Crippen molar-refractivity contribution in [2.45, 2.75) is 19.9 Å². The molecule has 1 aromatic heterocycles. The minimum absolute atomic E-state index is 0.606. The van der Waals surface area contributed by atoms with Crippen molar-refractivity contribution in [3.8, 4) is 11.4 Å². The molecular weight excluding hydrogens is 228 g/mol. The molecule has 0 amide bonds. The predicted molar refractivity (Wildman–Crippen MR) is 75.3 cm³/mol. The topological polar surface area (TPSA) is 17.8 Å². The van der Waals surface area contributed by atoms with Gasteiger partial charge in [-0.1, -0.05) is 43.7 Å². The van der Waals surface area contributed by atoms with E-state index in [1.165, 1.54) is 5.56 Å². The predicted octanol–water partition coefficient (Wildman–Crippen LogP) is 3.51. The number of benzene rings is 1. The molecule has 1 aromatic carbocycles. The lowest BCUT2D eigenvalue weighted by molar-refractivity contribution is 0.480. The first-order chi connectivity index (χ1) is 8.35. The molecular formula is C14H18N2S. The van der Waals surface area contributed by atoms with E-state index in [2.05, 4.69) is 47.4 Å². The van der Waals surface area contributed by atoms with Crippen LogP contribution in [0.5, 0.6) is 0 Å². The first kappa shape index (κ1) is 12.2. The molecule has 17 heavy (non-hydrogen) atoms. The van der Waals surface area contributed by atoms with Crippen molar-refractivity contribution in [2.75, 3.05) is 5.75 Å². The smallest absolute Gasteiger partial charge is 0.139 e. The Kier molecular flexibility index (Phi) is 4.26. The van der Waals surface area contributed by atoms with E-state index in [1.54, 1.807) is 0 Å². The maximum Gasteiger partial charge on any atom is 0.139 e. The number of rotatable bonds is 5. The summed E-state index contributed by atoms with van der Waals surface area (Å²) in [6, 6.07) is 10.3. The molecule has 90 valence electrons. The molecule has 2 rings (SSSR count). The summed E-state index contributed by atoms with van der Waals surface area (Å²) in [5, 5.41) is 0. The molecule has 0 N–H and O–H groups in total. The third-order valence-electron chi connectivity index (χ3n) is 3.04. The summed E-state index contributed by atoms with van der Waals surface area (Å²) in [6.07, 6.45) is 5.07. The number of aromatic nitrogens is 2. The van der Waals surface area contributed by atoms with Crippen molar-refractivity contribution in [1.29, 1.82) is 0 Å². The number of hydrogen-bond donors (Lipinski definition) is 1. The molecule has 0 saturated carbocycles. The van der Waals surface area contributed by atoms with Crippen LogP contribution >= 0.6 is 12.6 Å². The molecule has 1 atom stereocenters. The van der Waals surface area contributed by atoms with Gasteiger partial charge in [-0.3, -0.25) is 0 Å². The van der Waals surface area contributed by atoms with Crippen molar-refractivity contribution in [1.82, 2.24) is 9.55 Å². The fraction of sp³-hybridized carbons (Fsp3) is 0.357. The van der Waals surface area contributed by atoms with Crippen LogP contribution in [0.2, 0.25) is 0 Å². The molecule has 0 aliphatic carbocycles. The van der Waals surface area contributed by atoms with Crippen molar-refractivity contribution >= 4 is 12.6 Å². The van der Waals surface area contributed by atoms with Gasteiger partial charge in [-0.15, -0.1) is 0 Å². The van der Waals surface area contributed by atoms with E-state index in [4.69, 9.17) is 0 Å². The van der Waals surface area contributed by atoms with E-state index in [-0.39, 0.29) is 0 Å². The standard InChI is InChI=1S/C14H18N2S/c1-2-12(11-17)10-16-9-8-15-14(16)13-6-4-3-5-7-13/h3-9,12,17H,2,10-11H2,1H3. The minimum atomic E-state index is 0.606. The second-order valence-corrected chi connectivity index (χ2v) is 4.59. The summed E-state index contributed by atoms with van der Waals surface area (Å²) < 4.78 is 2.22. The van der Waals surface area contributed by atoms with Crippen LogP contribution in [-0.4, -0.2) is 15.3 Å². The van der Waals surface area contributed by atoms with E-state index in [0.717, 1.165) is 24.5 Å². The SMILES string of the molecule is CCC(CS)Cn1ccnc1-c1ccccc1. The fourth-order valence-corrected chi connectivity index (χ4v) is 2.27. The highest BCUT2D eigenvalue weighted by molar-refractivity contribution is 7.80. The van der Waals surface area contributed by atoms with Gasteiger partial charge in [-0.25, -0.2) is 4.98 Å². The Morgan fingerprint density at radius 1 is 1.29 bits per heavy atom. The van der Waals surface area contributed by atoms with Gasteiger partial charge in [0.25, 0.3) is 0 Å². The highest BCUT2D eigenvalue weighted by Gasteiger charge is 2.09. The van der Waals surface area contributed by atoms with Crippen LogP contribution in [0.15, 0.2) is 42.7 Å². The molecule has 0 bridgehead atoms. The average Bonchev–Trinajstić information content (AvgIpc) is 2.85. The monoisotopic (exact) mass is 246 g/mol. The summed E-state index contributed by atoms with van der Waals surface area (Å²) in [7, 11) is 0. The maximum atomic E-state index is 4.45.